The molecular weight excluding hydrogens is 279 g/mol. The molecule has 13 heavy (non-hydrogen) atoms. The van der Waals surface area contributed by atoms with Crippen LogP contribution in [-0.4, -0.2) is 6.79 Å². The van der Waals surface area contributed by atoms with Gasteiger partial charge in [0.25, 0.3) is 0 Å². The lowest BCUT2D eigenvalue weighted by atomic mass is 10.0. The minimum absolute atomic E-state index is 0.356. The second kappa shape index (κ2) is 3.36. The number of benzene rings is 1. The molecule has 1 aromatic carbocycles. The molecule has 0 unspecified atom stereocenters. The van der Waals surface area contributed by atoms with E-state index in [0.717, 1.165) is 15.1 Å². The third-order valence-electron chi connectivity index (χ3n) is 2.12. The Morgan fingerprint density at radius 2 is 1.92 bits per heavy atom. The van der Waals surface area contributed by atoms with Crippen LogP contribution in [0.1, 0.15) is 25.3 Å². The minimum atomic E-state index is 0.356. The van der Waals surface area contributed by atoms with Crippen LogP contribution in [0.25, 0.3) is 0 Å². The average molecular weight is 290 g/mol. The first-order valence-corrected chi connectivity index (χ1v) is 5.36. The summed E-state index contributed by atoms with van der Waals surface area (Å²) < 4.78 is 12.0. The third-order valence-corrected chi connectivity index (χ3v) is 2.97. The molecule has 2 rings (SSSR count). The molecule has 0 aromatic heterocycles. The molecule has 1 heterocycles. The van der Waals surface area contributed by atoms with Crippen LogP contribution < -0.4 is 9.47 Å². The van der Waals surface area contributed by atoms with Gasteiger partial charge in [-0.25, -0.2) is 0 Å². The zero-order valence-corrected chi connectivity index (χ0v) is 9.79. The Kier molecular flexibility index (Phi) is 2.36. The number of fused-ring (bicyclic) bond motifs is 1. The van der Waals surface area contributed by atoms with Crippen LogP contribution in [0.5, 0.6) is 11.5 Å². The first kappa shape index (κ1) is 9.12. The first-order chi connectivity index (χ1) is 6.20. The third kappa shape index (κ3) is 1.49. The number of ether oxygens (including phenoxy) is 2. The zero-order valence-electron chi connectivity index (χ0n) is 7.63. The Balaban J connectivity index is 2.56. The lowest BCUT2D eigenvalue weighted by Gasteiger charge is -2.09. The van der Waals surface area contributed by atoms with Gasteiger partial charge in [0.15, 0.2) is 11.5 Å². The predicted molar refractivity (Wildman–Crippen MR) is 59.4 cm³/mol. The fourth-order valence-electron chi connectivity index (χ4n) is 1.44. The number of rotatable bonds is 1. The van der Waals surface area contributed by atoms with Crippen LogP contribution in [0, 0.1) is 3.57 Å². The van der Waals surface area contributed by atoms with E-state index in [9.17, 15) is 0 Å². The molecule has 3 heteroatoms. The molecule has 70 valence electrons. The molecule has 0 fully saturated rings. The van der Waals surface area contributed by atoms with Crippen molar-refractivity contribution in [1.82, 2.24) is 0 Å². The van der Waals surface area contributed by atoms with Gasteiger partial charge in [-0.1, -0.05) is 19.9 Å². The predicted octanol–water partition coefficient (Wildman–Crippen LogP) is 3.14. The Morgan fingerprint density at radius 3 is 2.62 bits per heavy atom. The van der Waals surface area contributed by atoms with Gasteiger partial charge in [0.05, 0.1) is 3.57 Å². The highest BCUT2D eigenvalue weighted by atomic mass is 127. The van der Waals surface area contributed by atoms with Gasteiger partial charge in [-0.15, -0.1) is 0 Å². The second-order valence-corrected chi connectivity index (χ2v) is 4.52. The van der Waals surface area contributed by atoms with Crippen LogP contribution >= 0.6 is 22.6 Å². The van der Waals surface area contributed by atoms with Gasteiger partial charge in [-0.05, 0) is 34.6 Å². The van der Waals surface area contributed by atoms with Crippen molar-refractivity contribution in [2.45, 2.75) is 19.8 Å². The topological polar surface area (TPSA) is 18.5 Å². The molecule has 0 bridgehead atoms. The van der Waals surface area contributed by atoms with E-state index >= 15 is 0 Å². The van der Waals surface area contributed by atoms with Crippen molar-refractivity contribution in [3.05, 3.63) is 21.3 Å². The normalized spacial score (nSPS) is 13.8. The van der Waals surface area contributed by atoms with Crippen LogP contribution in [-0.2, 0) is 0 Å². The highest BCUT2D eigenvalue weighted by Crippen LogP contribution is 2.42. The monoisotopic (exact) mass is 290 g/mol. The van der Waals surface area contributed by atoms with E-state index in [-0.39, 0.29) is 0 Å². The quantitative estimate of drug-likeness (QED) is 0.740. The summed E-state index contributed by atoms with van der Waals surface area (Å²) in [6.45, 7) is 4.67. The summed E-state index contributed by atoms with van der Waals surface area (Å²) in [5.74, 6) is 2.32. The van der Waals surface area contributed by atoms with E-state index in [0.29, 0.717) is 12.7 Å². The Hall–Kier alpha value is -0.450. The highest BCUT2D eigenvalue weighted by molar-refractivity contribution is 14.1. The summed E-state index contributed by atoms with van der Waals surface area (Å²) in [6.07, 6.45) is 0. The standard InChI is InChI=1S/C10H11IO2/c1-6(2)7-3-4-8(11)10-9(7)12-5-13-10/h3-4,6H,5H2,1-2H3. The van der Waals surface area contributed by atoms with Crippen LogP contribution in [0.15, 0.2) is 12.1 Å². The fourth-order valence-corrected chi connectivity index (χ4v) is 2.02. The van der Waals surface area contributed by atoms with Gasteiger partial charge in [0.1, 0.15) is 0 Å². The second-order valence-electron chi connectivity index (χ2n) is 3.36. The average Bonchev–Trinajstić information content (AvgIpc) is 2.53. The highest BCUT2D eigenvalue weighted by Gasteiger charge is 2.21. The molecule has 2 nitrogen and oxygen atoms in total. The molecule has 0 N–H and O–H groups in total. The first-order valence-electron chi connectivity index (χ1n) is 4.28. The number of hydrogen-bond donors (Lipinski definition) is 0. The van der Waals surface area contributed by atoms with Gasteiger partial charge in [-0.2, -0.15) is 0 Å². The van der Waals surface area contributed by atoms with Crippen LogP contribution in [0.3, 0.4) is 0 Å². The van der Waals surface area contributed by atoms with Gasteiger partial charge in [-0.3, -0.25) is 0 Å². The van der Waals surface area contributed by atoms with Crippen molar-refractivity contribution < 1.29 is 9.47 Å². The van der Waals surface area contributed by atoms with E-state index < -0.39 is 0 Å². The molecule has 1 aliphatic heterocycles. The molecule has 0 radical (unpaired) electrons. The summed E-state index contributed by atoms with van der Waals surface area (Å²) >= 11 is 2.26. The van der Waals surface area contributed by atoms with Crippen molar-refractivity contribution in [3.63, 3.8) is 0 Å². The van der Waals surface area contributed by atoms with Crippen molar-refractivity contribution >= 4 is 22.6 Å². The van der Waals surface area contributed by atoms with Gasteiger partial charge in [0.2, 0.25) is 6.79 Å². The molecule has 0 atom stereocenters. The van der Waals surface area contributed by atoms with Crippen molar-refractivity contribution in [2.75, 3.05) is 6.79 Å². The SMILES string of the molecule is CC(C)c1ccc(I)c2c1OCO2. The maximum atomic E-state index is 5.44. The Bertz CT molecular complexity index is 334. The van der Waals surface area contributed by atoms with Gasteiger partial charge >= 0.3 is 0 Å². The number of hydrogen-bond acceptors (Lipinski definition) is 2. The summed E-state index contributed by atoms with van der Waals surface area (Å²) in [4.78, 5) is 0. The van der Waals surface area contributed by atoms with Crippen molar-refractivity contribution in [2.24, 2.45) is 0 Å². The molecule has 1 aromatic rings. The van der Waals surface area contributed by atoms with E-state index in [4.69, 9.17) is 9.47 Å². The maximum absolute atomic E-state index is 5.44. The summed E-state index contributed by atoms with van der Waals surface area (Å²) in [7, 11) is 0. The minimum Gasteiger partial charge on any atom is -0.453 e. The van der Waals surface area contributed by atoms with Crippen LogP contribution in [0.2, 0.25) is 0 Å². The molecule has 0 aliphatic carbocycles. The van der Waals surface area contributed by atoms with E-state index in [1.807, 2.05) is 0 Å². The molecule has 0 amide bonds. The van der Waals surface area contributed by atoms with Crippen molar-refractivity contribution in [3.8, 4) is 11.5 Å². The largest absolute Gasteiger partial charge is 0.453 e. The number of halogens is 1. The van der Waals surface area contributed by atoms with Crippen LogP contribution in [0.4, 0.5) is 0 Å². The fraction of sp³-hybridized carbons (Fsp3) is 0.400. The van der Waals surface area contributed by atoms with Gasteiger partial charge in [0, 0.05) is 5.56 Å². The molecule has 1 aliphatic rings. The molecule has 0 saturated heterocycles. The smallest absolute Gasteiger partial charge is 0.231 e. The lowest BCUT2D eigenvalue weighted by Crippen LogP contribution is -1.95. The summed E-state index contributed by atoms with van der Waals surface area (Å²) in [5.41, 5.74) is 1.23. The summed E-state index contributed by atoms with van der Waals surface area (Å²) in [5, 5.41) is 0. The molecular formula is C10H11IO2. The lowest BCUT2D eigenvalue weighted by molar-refractivity contribution is 0.172. The van der Waals surface area contributed by atoms with Gasteiger partial charge < -0.3 is 9.47 Å². The molecule has 0 saturated carbocycles. The zero-order chi connectivity index (χ0) is 9.42. The van der Waals surface area contributed by atoms with E-state index in [2.05, 4.69) is 48.6 Å². The Morgan fingerprint density at radius 1 is 1.23 bits per heavy atom. The van der Waals surface area contributed by atoms with E-state index in [1.54, 1.807) is 0 Å². The molecule has 0 spiro atoms. The van der Waals surface area contributed by atoms with Crippen molar-refractivity contribution in [1.29, 1.82) is 0 Å². The van der Waals surface area contributed by atoms with E-state index in [1.165, 1.54) is 5.56 Å². The Labute approximate surface area is 91.4 Å². The maximum Gasteiger partial charge on any atom is 0.231 e. The summed E-state index contributed by atoms with van der Waals surface area (Å²) in [6, 6.07) is 4.18.